The number of hydrogen-bond donors (Lipinski definition) is 2. The number of nitrogens with zero attached hydrogens (tertiary/aromatic N) is 2. The van der Waals surface area contributed by atoms with Gasteiger partial charge < -0.3 is 20.0 Å². The third kappa shape index (κ3) is 12.4. The van der Waals surface area contributed by atoms with Gasteiger partial charge >= 0.3 is 0 Å². The van der Waals surface area contributed by atoms with Gasteiger partial charge in [0.2, 0.25) is 0 Å². The van der Waals surface area contributed by atoms with Crippen molar-refractivity contribution in [1.82, 2.24) is 9.80 Å². The highest BCUT2D eigenvalue weighted by atomic mass is 35.5. The average molecular weight is 734 g/mol. The van der Waals surface area contributed by atoms with Crippen molar-refractivity contribution in [2.75, 3.05) is 41.3 Å². The molecule has 0 spiro atoms. The molecule has 0 bridgehead atoms. The summed E-state index contributed by atoms with van der Waals surface area (Å²) in [7, 11) is 8.00. The van der Waals surface area contributed by atoms with Crippen molar-refractivity contribution in [2.24, 2.45) is 11.8 Å². The number of benzene rings is 4. The van der Waals surface area contributed by atoms with Crippen molar-refractivity contribution in [3.05, 3.63) is 152 Å². The molecule has 0 saturated heterocycles. The van der Waals surface area contributed by atoms with Crippen LogP contribution in [0.25, 0.3) is 12.2 Å². The fourth-order valence-electron chi connectivity index (χ4n) is 6.53. The number of aliphatic hydroxyl groups is 2. The van der Waals surface area contributed by atoms with E-state index in [1.807, 2.05) is 133 Å². The predicted octanol–water partition coefficient (Wildman–Crippen LogP) is 9.97. The van der Waals surface area contributed by atoms with Crippen molar-refractivity contribution < 1.29 is 14.6 Å². The zero-order chi connectivity index (χ0) is 37.8. The minimum absolute atomic E-state index is 0.0816. The molecule has 0 aliphatic rings. The minimum atomic E-state index is -1.22. The molecule has 4 rings (SSSR count). The first-order valence-electron chi connectivity index (χ1n) is 17.4. The van der Waals surface area contributed by atoms with E-state index in [4.69, 9.17) is 23.2 Å². The van der Waals surface area contributed by atoms with Crippen LogP contribution in [0.4, 0.5) is 4.39 Å². The minimum Gasteiger partial charge on any atom is -0.385 e. The third-order valence-corrected chi connectivity index (χ3v) is 10.1. The van der Waals surface area contributed by atoms with Gasteiger partial charge in [-0.2, -0.15) is 0 Å². The number of halogens is 3. The summed E-state index contributed by atoms with van der Waals surface area (Å²) in [6.45, 7) is 9.49. The monoisotopic (exact) mass is 732 g/mol. The van der Waals surface area contributed by atoms with Crippen molar-refractivity contribution in [3.63, 3.8) is 0 Å². The second kappa shape index (κ2) is 19.5. The maximum absolute atomic E-state index is 14.4. The predicted molar refractivity (Wildman–Crippen MR) is 216 cm³/mol. The molecule has 4 atom stereocenters. The molecule has 51 heavy (non-hydrogen) atoms. The highest BCUT2D eigenvalue weighted by molar-refractivity contribution is 6.31. The Labute approximate surface area is 315 Å². The molecule has 0 aliphatic carbocycles. The lowest BCUT2D eigenvalue weighted by atomic mass is 9.77. The van der Waals surface area contributed by atoms with Gasteiger partial charge in [-0.3, -0.25) is 0 Å². The first kappa shape index (κ1) is 42.1. The molecule has 0 saturated carbocycles. The van der Waals surface area contributed by atoms with Crippen LogP contribution in [0.2, 0.25) is 10.0 Å². The van der Waals surface area contributed by atoms with Gasteiger partial charge in [-0.05, 0) is 94.1 Å². The topological polar surface area (TPSA) is 46.9 Å². The Balaban J connectivity index is 0.000000276. The van der Waals surface area contributed by atoms with Gasteiger partial charge in [0.1, 0.15) is 5.82 Å². The quantitative estimate of drug-likeness (QED) is 0.136. The Hall–Kier alpha value is -3.29. The lowest BCUT2D eigenvalue weighted by Gasteiger charge is -2.37. The van der Waals surface area contributed by atoms with Crippen molar-refractivity contribution in [2.45, 2.75) is 51.7 Å². The Kier molecular flexibility index (Phi) is 16.1. The molecule has 4 nitrogen and oxygen atoms in total. The van der Waals surface area contributed by atoms with E-state index in [1.165, 1.54) is 6.07 Å². The van der Waals surface area contributed by atoms with E-state index in [1.54, 1.807) is 12.1 Å². The van der Waals surface area contributed by atoms with Gasteiger partial charge in [-0.1, -0.05) is 128 Å². The molecular weight excluding hydrogens is 678 g/mol. The molecule has 0 heterocycles. The molecular formula is C44H55Cl2FN2O2. The van der Waals surface area contributed by atoms with Crippen LogP contribution in [0, 0.1) is 17.7 Å². The first-order valence-corrected chi connectivity index (χ1v) is 18.2. The van der Waals surface area contributed by atoms with E-state index in [0.29, 0.717) is 28.6 Å². The molecule has 0 aromatic heterocycles. The fraction of sp³-hybridized carbons (Fsp3) is 0.364. The second-order valence-corrected chi connectivity index (χ2v) is 15.2. The SMILES string of the molecule is CC(=Cc1ccccc1)C(O)(Cc1c(F)cccc1Cl)C(C)CN(C)C.CC(=Cc1ccccc1)C(O)(Cc1ccc(Cl)cc1)C(C)CN(C)C. The maximum atomic E-state index is 14.4. The summed E-state index contributed by atoms with van der Waals surface area (Å²) in [5, 5.41) is 24.3. The van der Waals surface area contributed by atoms with E-state index in [-0.39, 0.29) is 24.1 Å². The zero-order valence-electron chi connectivity index (χ0n) is 31.4. The molecule has 4 aromatic rings. The van der Waals surface area contributed by atoms with E-state index in [9.17, 15) is 14.6 Å². The molecule has 0 fully saturated rings. The zero-order valence-corrected chi connectivity index (χ0v) is 32.9. The average Bonchev–Trinajstić information content (AvgIpc) is 3.08. The summed E-state index contributed by atoms with van der Waals surface area (Å²) in [5.41, 5.74) is 3.16. The molecule has 0 radical (unpaired) electrons. The Morgan fingerprint density at radius 2 is 1.08 bits per heavy atom. The maximum Gasteiger partial charge on any atom is 0.128 e. The van der Waals surface area contributed by atoms with Gasteiger partial charge in [0.15, 0.2) is 0 Å². The van der Waals surface area contributed by atoms with E-state index in [2.05, 4.69) is 30.0 Å². The van der Waals surface area contributed by atoms with Gasteiger partial charge in [0, 0.05) is 53.4 Å². The molecule has 274 valence electrons. The van der Waals surface area contributed by atoms with Gasteiger partial charge in [-0.15, -0.1) is 0 Å². The van der Waals surface area contributed by atoms with Gasteiger partial charge in [-0.25, -0.2) is 4.39 Å². The number of rotatable bonds is 14. The largest absolute Gasteiger partial charge is 0.385 e. The van der Waals surface area contributed by atoms with Gasteiger partial charge in [0.25, 0.3) is 0 Å². The summed E-state index contributed by atoms with van der Waals surface area (Å²) in [6, 6.07) is 32.3. The highest BCUT2D eigenvalue weighted by Crippen LogP contribution is 2.35. The lowest BCUT2D eigenvalue weighted by Crippen LogP contribution is -2.44. The molecule has 2 N–H and O–H groups in total. The lowest BCUT2D eigenvalue weighted by molar-refractivity contribution is 0.0142. The summed E-state index contributed by atoms with van der Waals surface area (Å²) in [4.78, 5) is 4.14. The second-order valence-electron chi connectivity index (χ2n) is 14.3. The van der Waals surface area contributed by atoms with Crippen molar-refractivity contribution >= 4 is 35.4 Å². The molecule has 4 aromatic carbocycles. The Morgan fingerprint density at radius 1 is 0.647 bits per heavy atom. The first-order chi connectivity index (χ1) is 24.0. The van der Waals surface area contributed by atoms with Crippen LogP contribution in [0.1, 0.15) is 49.9 Å². The van der Waals surface area contributed by atoms with Gasteiger partial charge in [0.05, 0.1) is 11.2 Å². The number of hydrogen-bond acceptors (Lipinski definition) is 4. The van der Waals surface area contributed by atoms with Crippen LogP contribution in [0.5, 0.6) is 0 Å². The third-order valence-electron chi connectivity index (χ3n) is 9.53. The Morgan fingerprint density at radius 3 is 1.49 bits per heavy atom. The van der Waals surface area contributed by atoms with E-state index >= 15 is 0 Å². The van der Waals surface area contributed by atoms with Crippen LogP contribution in [-0.4, -0.2) is 72.5 Å². The molecule has 0 amide bonds. The standard InChI is InChI=1S/C22H27ClFNO.C22H28ClNO/c1-16(13-18-9-6-5-7-10-18)22(26,17(2)15-25(3)4)14-19-20(23)11-8-12-21(19)24;1-17(14-19-8-6-5-7-9-19)22(25,18(2)16-24(3)4)15-20-10-12-21(23)13-11-20/h5-13,17,26H,14-15H2,1-4H3;5-14,18,25H,15-16H2,1-4H3. The summed E-state index contributed by atoms with van der Waals surface area (Å²) in [5.74, 6) is -0.424. The van der Waals surface area contributed by atoms with Crippen LogP contribution < -0.4 is 0 Å². The summed E-state index contributed by atoms with van der Waals surface area (Å²) >= 11 is 12.2. The molecule has 0 aliphatic heterocycles. The summed E-state index contributed by atoms with van der Waals surface area (Å²) < 4.78 is 14.4. The highest BCUT2D eigenvalue weighted by Gasteiger charge is 2.38. The van der Waals surface area contributed by atoms with E-state index < -0.39 is 11.2 Å². The Bertz CT molecular complexity index is 1690. The summed E-state index contributed by atoms with van der Waals surface area (Å²) in [6.07, 6.45) is 4.74. The normalized spacial score (nSPS) is 15.8. The van der Waals surface area contributed by atoms with Crippen molar-refractivity contribution in [1.29, 1.82) is 0 Å². The molecule has 4 unspecified atom stereocenters. The van der Waals surface area contributed by atoms with Crippen molar-refractivity contribution in [3.8, 4) is 0 Å². The smallest absolute Gasteiger partial charge is 0.128 e. The van der Waals surface area contributed by atoms with E-state index in [0.717, 1.165) is 34.4 Å². The van der Waals surface area contributed by atoms with Crippen LogP contribution in [-0.2, 0) is 12.8 Å². The van der Waals surface area contributed by atoms with Crippen LogP contribution >= 0.6 is 23.2 Å². The van der Waals surface area contributed by atoms with Crippen LogP contribution in [0.15, 0.2) is 114 Å². The van der Waals surface area contributed by atoms with Crippen LogP contribution in [0.3, 0.4) is 0 Å². The fourth-order valence-corrected chi connectivity index (χ4v) is 6.89. The molecule has 7 heteroatoms.